The number of halogens is 2. The molecule has 2 aromatic rings. The van der Waals surface area contributed by atoms with Gasteiger partial charge in [0.2, 0.25) is 0 Å². The maximum absolute atomic E-state index is 13.0. The van der Waals surface area contributed by atoms with Crippen LogP contribution in [0.3, 0.4) is 0 Å². The number of aliphatic hydroxyl groups excluding tert-OH is 1. The number of benzene rings is 2. The summed E-state index contributed by atoms with van der Waals surface area (Å²) in [5.41, 5.74) is 1.58. The van der Waals surface area contributed by atoms with Crippen LogP contribution in [-0.4, -0.2) is 11.7 Å². The molecule has 0 radical (unpaired) electrons. The van der Waals surface area contributed by atoms with E-state index >= 15 is 0 Å². The van der Waals surface area contributed by atoms with Gasteiger partial charge in [-0.05, 0) is 41.8 Å². The maximum atomic E-state index is 13.0. The number of rotatable bonds is 5. The minimum absolute atomic E-state index is 0.106. The lowest BCUT2D eigenvalue weighted by Crippen LogP contribution is -1.97. The van der Waals surface area contributed by atoms with Gasteiger partial charge in [0.25, 0.3) is 0 Å². The van der Waals surface area contributed by atoms with Crippen molar-refractivity contribution in [3.05, 3.63) is 65.2 Å². The van der Waals surface area contributed by atoms with Crippen LogP contribution in [0.5, 0.6) is 5.75 Å². The molecule has 0 unspecified atom stereocenters. The first-order valence-electron chi connectivity index (χ1n) is 5.95. The van der Waals surface area contributed by atoms with Gasteiger partial charge in [-0.15, -0.1) is 0 Å². The Hall–Kier alpha value is -1.94. The Kier molecular flexibility index (Phi) is 4.47. The zero-order chi connectivity index (χ0) is 13.7. The van der Waals surface area contributed by atoms with Crippen molar-refractivity contribution in [3.63, 3.8) is 0 Å². The molecule has 0 atom stereocenters. The van der Waals surface area contributed by atoms with E-state index in [0.29, 0.717) is 17.7 Å². The lowest BCUT2D eigenvalue weighted by molar-refractivity contribution is 0.298. The van der Waals surface area contributed by atoms with E-state index in [-0.39, 0.29) is 13.2 Å². The number of hydrogen-bond donors (Lipinski definition) is 1. The Bertz CT molecular complexity index is 538. The van der Waals surface area contributed by atoms with Gasteiger partial charge in [0.05, 0.1) is 0 Å². The molecular formula is C15H14F2O2. The molecule has 2 rings (SSSR count). The molecule has 0 bridgehead atoms. The number of aliphatic hydroxyl groups is 1. The van der Waals surface area contributed by atoms with Crippen LogP contribution < -0.4 is 4.74 Å². The van der Waals surface area contributed by atoms with Gasteiger partial charge in [0.1, 0.15) is 12.4 Å². The Morgan fingerprint density at radius 3 is 2.21 bits per heavy atom. The summed E-state index contributed by atoms with van der Waals surface area (Å²) in [7, 11) is 0. The highest BCUT2D eigenvalue weighted by Gasteiger charge is 2.03. The average Bonchev–Trinajstić information content (AvgIpc) is 2.42. The van der Waals surface area contributed by atoms with E-state index in [1.54, 1.807) is 12.1 Å². The quantitative estimate of drug-likeness (QED) is 0.899. The molecular weight excluding hydrogens is 250 g/mol. The summed E-state index contributed by atoms with van der Waals surface area (Å²) in [5, 5.41) is 8.79. The zero-order valence-electron chi connectivity index (χ0n) is 10.3. The van der Waals surface area contributed by atoms with Crippen molar-refractivity contribution in [2.45, 2.75) is 13.0 Å². The largest absolute Gasteiger partial charge is 0.489 e. The van der Waals surface area contributed by atoms with E-state index in [2.05, 4.69) is 0 Å². The van der Waals surface area contributed by atoms with Gasteiger partial charge in [-0.3, -0.25) is 0 Å². The third kappa shape index (κ3) is 3.76. The Morgan fingerprint density at radius 1 is 0.895 bits per heavy atom. The molecule has 0 aliphatic rings. The molecule has 0 fully saturated rings. The van der Waals surface area contributed by atoms with Crippen molar-refractivity contribution in [1.82, 2.24) is 0 Å². The van der Waals surface area contributed by atoms with Gasteiger partial charge in [0, 0.05) is 6.61 Å². The highest BCUT2D eigenvalue weighted by atomic mass is 19.2. The number of hydrogen-bond acceptors (Lipinski definition) is 2. The Labute approximate surface area is 110 Å². The van der Waals surface area contributed by atoms with E-state index in [1.807, 2.05) is 12.1 Å². The van der Waals surface area contributed by atoms with E-state index < -0.39 is 11.6 Å². The third-order valence-corrected chi connectivity index (χ3v) is 2.71. The third-order valence-electron chi connectivity index (χ3n) is 2.71. The van der Waals surface area contributed by atoms with Crippen molar-refractivity contribution < 1.29 is 18.6 Å². The van der Waals surface area contributed by atoms with Crippen LogP contribution in [0.2, 0.25) is 0 Å². The normalized spacial score (nSPS) is 10.5. The summed E-state index contributed by atoms with van der Waals surface area (Å²) in [4.78, 5) is 0. The van der Waals surface area contributed by atoms with Crippen LogP contribution in [-0.2, 0) is 13.0 Å². The molecule has 0 aliphatic heterocycles. The SMILES string of the molecule is OCCc1ccc(OCc2ccc(F)c(F)c2)cc1. The van der Waals surface area contributed by atoms with Crippen LogP contribution in [0.25, 0.3) is 0 Å². The molecule has 0 saturated carbocycles. The fraction of sp³-hybridized carbons (Fsp3) is 0.200. The highest BCUT2D eigenvalue weighted by molar-refractivity contribution is 5.28. The molecule has 19 heavy (non-hydrogen) atoms. The second-order valence-corrected chi connectivity index (χ2v) is 4.15. The number of ether oxygens (including phenoxy) is 1. The molecule has 2 aromatic carbocycles. The lowest BCUT2D eigenvalue weighted by Gasteiger charge is -2.07. The predicted molar refractivity (Wildman–Crippen MR) is 67.9 cm³/mol. The first-order chi connectivity index (χ1) is 9.19. The van der Waals surface area contributed by atoms with Crippen LogP contribution >= 0.6 is 0 Å². The summed E-state index contributed by atoms with van der Waals surface area (Å²) in [6, 6.07) is 11.0. The molecule has 100 valence electrons. The fourth-order valence-corrected chi connectivity index (χ4v) is 1.68. The molecule has 0 saturated heterocycles. The molecule has 2 nitrogen and oxygen atoms in total. The average molecular weight is 264 g/mol. The Morgan fingerprint density at radius 2 is 1.58 bits per heavy atom. The van der Waals surface area contributed by atoms with Crippen molar-refractivity contribution >= 4 is 0 Å². The van der Waals surface area contributed by atoms with E-state index in [9.17, 15) is 8.78 Å². The summed E-state index contributed by atoms with van der Waals surface area (Å²) >= 11 is 0. The first-order valence-corrected chi connectivity index (χ1v) is 5.95. The van der Waals surface area contributed by atoms with Gasteiger partial charge >= 0.3 is 0 Å². The topological polar surface area (TPSA) is 29.5 Å². The first kappa shape index (κ1) is 13.5. The van der Waals surface area contributed by atoms with Gasteiger partial charge in [-0.25, -0.2) is 8.78 Å². The fourth-order valence-electron chi connectivity index (χ4n) is 1.68. The van der Waals surface area contributed by atoms with E-state index in [4.69, 9.17) is 9.84 Å². The highest BCUT2D eigenvalue weighted by Crippen LogP contribution is 2.15. The van der Waals surface area contributed by atoms with Crippen molar-refractivity contribution in [1.29, 1.82) is 0 Å². The van der Waals surface area contributed by atoms with E-state index in [0.717, 1.165) is 17.7 Å². The van der Waals surface area contributed by atoms with Gasteiger partial charge in [-0.2, -0.15) is 0 Å². The zero-order valence-corrected chi connectivity index (χ0v) is 10.3. The molecule has 1 N–H and O–H groups in total. The summed E-state index contributed by atoms with van der Waals surface area (Å²) in [5.74, 6) is -1.09. The molecule has 0 aromatic heterocycles. The summed E-state index contributed by atoms with van der Waals surface area (Å²) < 4.78 is 31.2. The van der Waals surface area contributed by atoms with E-state index in [1.165, 1.54) is 6.07 Å². The van der Waals surface area contributed by atoms with Gasteiger partial charge < -0.3 is 9.84 Å². The molecule has 0 amide bonds. The monoisotopic (exact) mass is 264 g/mol. The summed E-state index contributed by atoms with van der Waals surface area (Å²) in [6.45, 7) is 0.283. The van der Waals surface area contributed by atoms with Crippen LogP contribution in [0.1, 0.15) is 11.1 Å². The minimum atomic E-state index is -0.876. The second-order valence-electron chi connectivity index (χ2n) is 4.15. The second kappa shape index (κ2) is 6.29. The Balaban J connectivity index is 1.96. The minimum Gasteiger partial charge on any atom is -0.489 e. The van der Waals surface area contributed by atoms with Crippen molar-refractivity contribution in [2.75, 3.05) is 6.61 Å². The molecule has 0 aliphatic carbocycles. The van der Waals surface area contributed by atoms with Crippen LogP contribution in [0, 0.1) is 11.6 Å². The van der Waals surface area contributed by atoms with Gasteiger partial charge in [0.15, 0.2) is 11.6 Å². The molecule has 4 heteroatoms. The standard InChI is InChI=1S/C15H14F2O2/c16-14-6-3-12(9-15(14)17)10-19-13-4-1-11(2-5-13)7-8-18/h1-6,9,18H,7-8,10H2. The lowest BCUT2D eigenvalue weighted by atomic mass is 10.1. The molecule has 0 heterocycles. The predicted octanol–water partition coefficient (Wildman–Crippen LogP) is 3.08. The summed E-state index contributed by atoms with van der Waals surface area (Å²) in [6.07, 6.45) is 0.601. The maximum Gasteiger partial charge on any atom is 0.159 e. The smallest absolute Gasteiger partial charge is 0.159 e. The van der Waals surface area contributed by atoms with Crippen molar-refractivity contribution in [3.8, 4) is 5.75 Å². The van der Waals surface area contributed by atoms with Crippen LogP contribution in [0.4, 0.5) is 8.78 Å². The van der Waals surface area contributed by atoms with Crippen LogP contribution in [0.15, 0.2) is 42.5 Å². The molecule has 0 spiro atoms. The van der Waals surface area contributed by atoms with Crippen molar-refractivity contribution in [2.24, 2.45) is 0 Å². The van der Waals surface area contributed by atoms with Gasteiger partial charge in [-0.1, -0.05) is 18.2 Å².